The van der Waals surface area contributed by atoms with Gasteiger partial charge in [0.2, 0.25) is 5.91 Å². The number of carbonyl (C=O) groups excluding carboxylic acids is 1. The summed E-state index contributed by atoms with van der Waals surface area (Å²) in [6.45, 7) is -0.250. The number of fused-ring (bicyclic) bond motifs is 2. The van der Waals surface area contributed by atoms with Crippen LogP contribution in [-0.2, 0) is 11.3 Å². The number of nitrogens with one attached hydrogen (secondary N) is 2. The summed E-state index contributed by atoms with van der Waals surface area (Å²) in [5.41, 5.74) is 2.69. The molecule has 8 nitrogen and oxygen atoms in total. The SMILES string of the molecule is O=C(Cn1nnc2ccccc2c1=O)N[C@@H](c1ccccc1)c1nc2ccccc2[nH]1. The van der Waals surface area contributed by atoms with E-state index in [1.54, 1.807) is 24.3 Å². The highest BCUT2D eigenvalue weighted by molar-refractivity contribution is 5.79. The minimum atomic E-state index is -0.509. The summed E-state index contributed by atoms with van der Waals surface area (Å²) in [6.07, 6.45) is 0. The first-order chi connectivity index (χ1) is 15.2. The Balaban J connectivity index is 1.46. The number of hydrogen-bond acceptors (Lipinski definition) is 5. The maximum atomic E-state index is 12.9. The highest BCUT2D eigenvalue weighted by Crippen LogP contribution is 2.22. The fraction of sp³-hybridized carbons (Fsp3) is 0.0870. The summed E-state index contributed by atoms with van der Waals surface area (Å²) in [7, 11) is 0. The van der Waals surface area contributed by atoms with Gasteiger partial charge >= 0.3 is 0 Å². The lowest BCUT2D eigenvalue weighted by Crippen LogP contribution is -2.36. The van der Waals surface area contributed by atoms with Crippen molar-refractivity contribution in [3.63, 3.8) is 0 Å². The Morgan fingerprint density at radius 2 is 1.65 bits per heavy atom. The third kappa shape index (κ3) is 3.66. The number of H-pyrrole nitrogens is 1. The molecule has 0 radical (unpaired) electrons. The van der Waals surface area contributed by atoms with Crippen molar-refractivity contribution in [3.05, 3.63) is 101 Å². The number of imidazole rings is 1. The Labute approximate surface area is 176 Å². The van der Waals surface area contributed by atoms with E-state index < -0.39 is 6.04 Å². The molecule has 2 N–H and O–H groups in total. The summed E-state index contributed by atoms with van der Waals surface area (Å²) in [5.74, 6) is 0.235. The standard InChI is InChI=1S/C23H18N6O2/c30-20(14-29-23(31)16-10-4-5-11-17(16)27-28-29)26-21(15-8-2-1-3-9-15)22-24-18-12-6-7-13-19(18)25-22/h1-13,21H,14H2,(H,24,25)(H,26,30)/t21-/m0/s1. The lowest BCUT2D eigenvalue weighted by molar-refractivity contribution is -0.122. The third-order valence-corrected chi connectivity index (χ3v) is 5.04. The van der Waals surface area contributed by atoms with Crippen LogP contribution in [0, 0.1) is 0 Å². The van der Waals surface area contributed by atoms with Crippen LogP contribution in [0.4, 0.5) is 0 Å². The van der Waals surface area contributed by atoms with Gasteiger partial charge in [-0.1, -0.05) is 59.8 Å². The van der Waals surface area contributed by atoms with Crippen molar-refractivity contribution in [1.82, 2.24) is 30.3 Å². The lowest BCUT2D eigenvalue weighted by Gasteiger charge is -2.17. The van der Waals surface area contributed by atoms with Gasteiger partial charge in [-0.15, -0.1) is 5.10 Å². The number of amides is 1. The monoisotopic (exact) mass is 410 g/mol. The number of hydrogen-bond donors (Lipinski definition) is 2. The van der Waals surface area contributed by atoms with Crippen LogP contribution in [0.3, 0.4) is 0 Å². The topological polar surface area (TPSA) is 106 Å². The maximum absolute atomic E-state index is 12.9. The van der Waals surface area contributed by atoms with E-state index in [1.165, 1.54) is 0 Å². The largest absolute Gasteiger partial charge is 0.340 e. The fourth-order valence-corrected chi connectivity index (χ4v) is 3.53. The van der Waals surface area contributed by atoms with Crippen molar-refractivity contribution >= 4 is 27.8 Å². The number of para-hydroxylation sites is 2. The fourth-order valence-electron chi connectivity index (χ4n) is 3.53. The van der Waals surface area contributed by atoms with E-state index in [1.807, 2.05) is 54.6 Å². The predicted octanol–water partition coefficient (Wildman–Crippen LogP) is 2.57. The van der Waals surface area contributed by atoms with Gasteiger partial charge < -0.3 is 10.3 Å². The second-order valence-electron chi connectivity index (χ2n) is 7.12. The van der Waals surface area contributed by atoms with Crippen LogP contribution in [0.2, 0.25) is 0 Å². The number of aromatic nitrogens is 5. The van der Waals surface area contributed by atoms with Crippen LogP contribution in [0.1, 0.15) is 17.4 Å². The van der Waals surface area contributed by atoms with Crippen LogP contribution in [-0.4, -0.2) is 30.9 Å². The Hall–Kier alpha value is -4.33. The van der Waals surface area contributed by atoms with Crippen molar-refractivity contribution in [2.75, 3.05) is 0 Å². The van der Waals surface area contributed by atoms with Crippen molar-refractivity contribution in [1.29, 1.82) is 0 Å². The van der Waals surface area contributed by atoms with Gasteiger partial charge in [0.25, 0.3) is 5.56 Å². The van der Waals surface area contributed by atoms with Crippen molar-refractivity contribution in [2.24, 2.45) is 0 Å². The van der Waals surface area contributed by atoms with E-state index in [-0.39, 0.29) is 18.0 Å². The van der Waals surface area contributed by atoms with E-state index in [2.05, 4.69) is 25.6 Å². The van der Waals surface area contributed by atoms with E-state index in [4.69, 9.17) is 0 Å². The summed E-state index contributed by atoms with van der Waals surface area (Å²) in [6, 6.07) is 23.6. The smallest absolute Gasteiger partial charge is 0.278 e. The van der Waals surface area contributed by atoms with Crippen LogP contribution in [0.25, 0.3) is 21.9 Å². The number of nitrogens with zero attached hydrogens (tertiary/aromatic N) is 4. The normalized spacial score (nSPS) is 12.1. The molecule has 152 valence electrons. The highest BCUT2D eigenvalue weighted by Gasteiger charge is 2.21. The molecule has 0 bridgehead atoms. The molecule has 0 fully saturated rings. The third-order valence-electron chi connectivity index (χ3n) is 5.04. The van der Waals surface area contributed by atoms with Gasteiger partial charge in [-0.25, -0.2) is 9.67 Å². The molecule has 5 aromatic rings. The zero-order valence-corrected chi connectivity index (χ0v) is 16.4. The lowest BCUT2D eigenvalue weighted by atomic mass is 10.1. The van der Waals surface area contributed by atoms with Crippen molar-refractivity contribution in [2.45, 2.75) is 12.6 Å². The van der Waals surface area contributed by atoms with Crippen LogP contribution >= 0.6 is 0 Å². The molecule has 0 aliphatic carbocycles. The Morgan fingerprint density at radius 3 is 2.45 bits per heavy atom. The molecule has 2 aromatic heterocycles. The van der Waals surface area contributed by atoms with E-state index >= 15 is 0 Å². The second kappa shape index (κ2) is 7.83. The highest BCUT2D eigenvalue weighted by atomic mass is 16.2. The van der Waals surface area contributed by atoms with Gasteiger partial charge in [0.1, 0.15) is 23.9 Å². The molecule has 0 saturated carbocycles. The molecule has 2 heterocycles. The number of benzene rings is 3. The molecule has 1 amide bonds. The average molecular weight is 410 g/mol. The molecule has 8 heteroatoms. The van der Waals surface area contributed by atoms with E-state index in [9.17, 15) is 9.59 Å². The Bertz CT molecular complexity index is 1410. The molecule has 0 saturated heterocycles. The molecule has 5 rings (SSSR count). The zero-order chi connectivity index (χ0) is 21.2. The molecule has 0 spiro atoms. The summed E-state index contributed by atoms with van der Waals surface area (Å²) < 4.78 is 1.07. The molecule has 31 heavy (non-hydrogen) atoms. The van der Waals surface area contributed by atoms with Crippen molar-refractivity contribution in [3.8, 4) is 0 Å². The van der Waals surface area contributed by atoms with Gasteiger partial charge in [-0.3, -0.25) is 9.59 Å². The maximum Gasteiger partial charge on any atom is 0.278 e. The minimum Gasteiger partial charge on any atom is -0.340 e. The first-order valence-corrected chi connectivity index (χ1v) is 9.80. The van der Waals surface area contributed by atoms with Gasteiger partial charge in [0.15, 0.2) is 0 Å². The van der Waals surface area contributed by atoms with Gasteiger partial charge in [-0.2, -0.15) is 0 Å². The first-order valence-electron chi connectivity index (χ1n) is 9.80. The second-order valence-corrected chi connectivity index (χ2v) is 7.12. The summed E-state index contributed by atoms with van der Waals surface area (Å²) >= 11 is 0. The molecule has 0 unspecified atom stereocenters. The average Bonchev–Trinajstić information content (AvgIpc) is 3.24. The van der Waals surface area contributed by atoms with Gasteiger partial charge in [0.05, 0.1) is 16.4 Å². The molecule has 0 aliphatic rings. The number of rotatable bonds is 5. The molecule has 3 aromatic carbocycles. The van der Waals surface area contributed by atoms with Crippen molar-refractivity contribution < 1.29 is 4.79 Å². The Morgan fingerprint density at radius 1 is 0.935 bits per heavy atom. The number of carbonyl (C=O) groups is 1. The Kier molecular flexibility index (Phi) is 4.72. The first kappa shape index (κ1) is 18.7. The van der Waals surface area contributed by atoms with Crippen LogP contribution in [0.15, 0.2) is 83.7 Å². The molecular weight excluding hydrogens is 392 g/mol. The van der Waals surface area contributed by atoms with Crippen LogP contribution in [0.5, 0.6) is 0 Å². The number of aromatic amines is 1. The summed E-state index contributed by atoms with van der Waals surface area (Å²) in [4.78, 5) is 33.5. The predicted molar refractivity (Wildman–Crippen MR) is 116 cm³/mol. The quantitative estimate of drug-likeness (QED) is 0.463. The molecule has 0 aliphatic heterocycles. The van der Waals surface area contributed by atoms with E-state index in [0.29, 0.717) is 16.7 Å². The van der Waals surface area contributed by atoms with E-state index in [0.717, 1.165) is 21.3 Å². The van der Waals surface area contributed by atoms with Crippen LogP contribution < -0.4 is 10.9 Å². The zero-order valence-electron chi connectivity index (χ0n) is 16.4. The van der Waals surface area contributed by atoms with Gasteiger partial charge in [0, 0.05) is 0 Å². The minimum absolute atomic E-state index is 0.250. The molecule has 1 atom stereocenters. The van der Waals surface area contributed by atoms with Gasteiger partial charge in [-0.05, 0) is 29.8 Å². The summed E-state index contributed by atoms with van der Waals surface area (Å²) in [5, 5.41) is 11.3. The molecular formula is C23H18N6O2.